The molecule has 2 aromatic rings. The number of carbonyl (C=O) groups is 2. The SMILES string of the molecule is CCOC(=O)C1=C(CN2CCc3cc(OC)c(OC)cc3C2c2cccs2)NC(=O)NC1C. The molecule has 0 saturated carbocycles. The number of hydrogen-bond donors (Lipinski definition) is 2. The van der Waals surface area contributed by atoms with Crippen LogP contribution in [0.5, 0.6) is 11.5 Å². The number of amides is 2. The van der Waals surface area contributed by atoms with Crippen molar-refractivity contribution in [2.24, 2.45) is 0 Å². The quantitative estimate of drug-likeness (QED) is 0.603. The summed E-state index contributed by atoms with van der Waals surface area (Å²) in [5, 5.41) is 7.68. The normalized spacial score (nSPS) is 20.5. The number of nitrogens with zero attached hydrogens (tertiary/aromatic N) is 1. The average Bonchev–Trinajstić information content (AvgIpc) is 3.32. The molecule has 0 bridgehead atoms. The van der Waals surface area contributed by atoms with Gasteiger partial charge in [0, 0.05) is 23.7 Å². The predicted molar refractivity (Wildman–Crippen MR) is 126 cm³/mol. The Morgan fingerprint density at radius 3 is 2.67 bits per heavy atom. The third-order valence-corrected chi connectivity index (χ3v) is 6.94. The summed E-state index contributed by atoms with van der Waals surface area (Å²) in [5.41, 5.74) is 3.37. The zero-order valence-corrected chi connectivity index (χ0v) is 20.1. The Hall–Kier alpha value is -3.04. The Balaban J connectivity index is 1.76. The lowest BCUT2D eigenvalue weighted by Crippen LogP contribution is -2.52. The second kappa shape index (κ2) is 9.84. The first kappa shape index (κ1) is 23.1. The van der Waals surface area contributed by atoms with Crippen LogP contribution >= 0.6 is 11.3 Å². The number of methoxy groups -OCH3 is 2. The highest BCUT2D eigenvalue weighted by atomic mass is 32.1. The molecule has 2 N–H and O–H groups in total. The van der Waals surface area contributed by atoms with Crippen molar-refractivity contribution >= 4 is 23.3 Å². The monoisotopic (exact) mass is 471 g/mol. The highest BCUT2D eigenvalue weighted by Gasteiger charge is 2.35. The number of benzene rings is 1. The minimum absolute atomic E-state index is 0.0494. The van der Waals surface area contributed by atoms with Gasteiger partial charge in [-0.15, -0.1) is 11.3 Å². The summed E-state index contributed by atoms with van der Waals surface area (Å²) in [6.45, 7) is 5.00. The van der Waals surface area contributed by atoms with Gasteiger partial charge in [0.15, 0.2) is 11.5 Å². The van der Waals surface area contributed by atoms with E-state index in [0.29, 0.717) is 29.3 Å². The molecule has 0 saturated heterocycles. The molecule has 176 valence electrons. The van der Waals surface area contributed by atoms with Crippen LogP contribution in [-0.4, -0.2) is 56.9 Å². The molecule has 2 unspecified atom stereocenters. The number of carbonyl (C=O) groups excluding carboxylic acids is 2. The van der Waals surface area contributed by atoms with Crippen LogP contribution in [0, 0.1) is 0 Å². The Labute approximate surface area is 197 Å². The molecule has 4 rings (SSSR count). The zero-order chi connectivity index (χ0) is 23.5. The highest BCUT2D eigenvalue weighted by molar-refractivity contribution is 7.10. The van der Waals surface area contributed by atoms with E-state index in [1.165, 1.54) is 10.4 Å². The van der Waals surface area contributed by atoms with Crippen LogP contribution < -0.4 is 20.1 Å². The summed E-state index contributed by atoms with van der Waals surface area (Å²) in [7, 11) is 3.27. The third-order valence-electron chi connectivity index (χ3n) is 6.01. The van der Waals surface area contributed by atoms with Gasteiger partial charge in [-0.1, -0.05) is 6.07 Å². The van der Waals surface area contributed by atoms with Crippen LogP contribution in [0.25, 0.3) is 0 Å². The maximum Gasteiger partial charge on any atom is 0.337 e. The second-order valence-electron chi connectivity index (χ2n) is 7.98. The number of nitrogens with one attached hydrogen (secondary N) is 2. The summed E-state index contributed by atoms with van der Waals surface area (Å²) in [5.74, 6) is 0.972. The topological polar surface area (TPSA) is 89.1 Å². The predicted octanol–water partition coefficient (Wildman–Crippen LogP) is 3.23. The highest BCUT2D eigenvalue weighted by Crippen LogP contribution is 2.42. The van der Waals surface area contributed by atoms with Crippen LogP contribution in [0.4, 0.5) is 4.79 Å². The molecule has 0 fully saturated rings. The van der Waals surface area contributed by atoms with Gasteiger partial charge in [-0.3, -0.25) is 4.90 Å². The van der Waals surface area contributed by atoms with Crippen molar-refractivity contribution in [1.82, 2.24) is 15.5 Å². The van der Waals surface area contributed by atoms with E-state index in [0.717, 1.165) is 18.5 Å². The Bertz CT molecular complexity index is 1070. The van der Waals surface area contributed by atoms with Crippen LogP contribution in [0.2, 0.25) is 0 Å². The van der Waals surface area contributed by atoms with Gasteiger partial charge in [0.25, 0.3) is 0 Å². The van der Waals surface area contributed by atoms with E-state index in [9.17, 15) is 9.59 Å². The third kappa shape index (κ3) is 4.56. The van der Waals surface area contributed by atoms with Gasteiger partial charge in [-0.25, -0.2) is 9.59 Å². The Morgan fingerprint density at radius 2 is 2.00 bits per heavy atom. The second-order valence-corrected chi connectivity index (χ2v) is 8.96. The first-order valence-corrected chi connectivity index (χ1v) is 11.8. The van der Waals surface area contributed by atoms with E-state index in [-0.39, 0.29) is 18.7 Å². The van der Waals surface area contributed by atoms with Crippen molar-refractivity contribution in [3.05, 3.63) is 56.9 Å². The molecular formula is C24H29N3O5S. The Kier molecular flexibility index (Phi) is 6.90. The van der Waals surface area contributed by atoms with Crippen molar-refractivity contribution in [2.75, 3.05) is 33.9 Å². The van der Waals surface area contributed by atoms with E-state index >= 15 is 0 Å². The van der Waals surface area contributed by atoms with Crippen molar-refractivity contribution in [3.63, 3.8) is 0 Å². The average molecular weight is 472 g/mol. The summed E-state index contributed by atoms with van der Waals surface area (Å²) in [4.78, 5) is 28.4. The number of urea groups is 1. The number of esters is 1. The largest absolute Gasteiger partial charge is 0.493 e. The van der Waals surface area contributed by atoms with Gasteiger partial charge in [0.1, 0.15) is 0 Å². The number of thiophene rings is 1. The molecular weight excluding hydrogens is 442 g/mol. The lowest BCUT2D eigenvalue weighted by atomic mass is 9.90. The molecule has 3 heterocycles. The first-order chi connectivity index (χ1) is 16.0. The summed E-state index contributed by atoms with van der Waals surface area (Å²) >= 11 is 1.68. The van der Waals surface area contributed by atoms with E-state index in [4.69, 9.17) is 14.2 Å². The van der Waals surface area contributed by atoms with Crippen molar-refractivity contribution in [1.29, 1.82) is 0 Å². The van der Waals surface area contributed by atoms with Crippen molar-refractivity contribution < 1.29 is 23.8 Å². The van der Waals surface area contributed by atoms with Gasteiger partial charge >= 0.3 is 12.0 Å². The minimum Gasteiger partial charge on any atom is -0.493 e. The number of fused-ring (bicyclic) bond motifs is 1. The van der Waals surface area contributed by atoms with Gasteiger partial charge in [-0.2, -0.15) is 0 Å². The summed E-state index contributed by atoms with van der Waals surface area (Å²) in [6, 6.07) is 7.42. The molecule has 8 nitrogen and oxygen atoms in total. The Morgan fingerprint density at radius 1 is 1.24 bits per heavy atom. The van der Waals surface area contributed by atoms with Gasteiger partial charge in [0.2, 0.25) is 0 Å². The zero-order valence-electron chi connectivity index (χ0n) is 19.3. The summed E-state index contributed by atoms with van der Waals surface area (Å²) in [6.07, 6.45) is 0.807. The molecule has 1 aromatic carbocycles. The van der Waals surface area contributed by atoms with Crippen LogP contribution in [0.15, 0.2) is 40.9 Å². The van der Waals surface area contributed by atoms with Gasteiger partial charge in [0.05, 0.1) is 38.5 Å². The van der Waals surface area contributed by atoms with Crippen LogP contribution in [-0.2, 0) is 16.0 Å². The van der Waals surface area contributed by atoms with Gasteiger partial charge in [-0.05, 0) is 55.0 Å². The van der Waals surface area contributed by atoms with E-state index in [1.807, 2.05) is 18.2 Å². The van der Waals surface area contributed by atoms with Crippen LogP contribution in [0.3, 0.4) is 0 Å². The minimum atomic E-state index is -0.436. The molecule has 0 spiro atoms. The van der Waals surface area contributed by atoms with Crippen molar-refractivity contribution in [3.8, 4) is 11.5 Å². The molecule has 0 radical (unpaired) electrons. The maximum absolute atomic E-state index is 12.7. The maximum atomic E-state index is 12.7. The molecule has 2 aliphatic rings. The lowest BCUT2D eigenvalue weighted by molar-refractivity contribution is -0.139. The number of hydrogen-bond acceptors (Lipinski definition) is 7. The summed E-state index contributed by atoms with van der Waals surface area (Å²) < 4.78 is 16.4. The fourth-order valence-corrected chi connectivity index (χ4v) is 5.43. The number of ether oxygens (including phenoxy) is 3. The van der Waals surface area contributed by atoms with E-state index in [1.54, 1.807) is 39.4 Å². The smallest absolute Gasteiger partial charge is 0.337 e. The molecule has 0 aliphatic carbocycles. The molecule has 2 atom stereocenters. The molecule has 2 amide bonds. The molecule has 2 aliphatic heterocycles. The molecule has 33 heavy (non-hydrogen) atoms. The number of rotatable bonds is 7. The van der Waals surface area contributed by atoms with Gasteiger partial charge < -0.3 is 24.8 Å². The standard InChI is InChI=1S/C24H29N3O5S/c1-5-32-23(28)21-14(2)25-24(29)26-17(21)13-27-9-8-15-11-18(30-3)19(31-4)12-16(15)22(27)20-7-6-10-33-20/h6-7,10-12,14,22H,5,8-9,13H2,1-4H3,(H2,25,26,29). The van der Waals surface area contributed by atoms with Crippen molar-refractivity contribution in [2.45, 2.75) is 32.4 Å². The fourth-order valence-electron chi connectivity index (χ4n) is 4.56. The van der Waals surface area contributed by atoms with E-state index < -0.39 is 12.0 Å². The fraction of sp³-hybridized carbons (Fsp3) is 0.417. The van der Waals surface area contributed by atoms with E-state index in [2.05, 4.69) is 27.0 Å². The first-order valence-electron chi connectivity index (χ1n) is 11.0. The molecule has 9 heteroatoms. The molecule has 1 aromatic heterocycles. The lowest BCUT2D eigenvalue weighted by Gasteiger charge is -2.39. The van der Waals surface area contributed by atoms with Crippen LogP contribution in [0.1, 0.15) is 35.9 Å².